The molecule has 1 heterocycles. The summed E-state index contributed by atoms with van der Waals surface area (Å²) in [6.45, 7) is 3.03. The smallest absolute Gasteiger partial charge is 0.259 e. The number of anilines is 1. The number of carbonyl (C=O) groups is 1. The van der Waals surface area contributed by atoms with Gasteiger partial charge in [0.25, 0.3) is 5.91 Å². The molecule has 0 radical (unpaired) electrons. The summed E-state index contributed by atoms with van der Waals surface area (Å²) in [5.74, 6) is -0.196. The van der Waals surface area contributed by atoms with E-state index in [1.807, 2.05) is 36.4 Å². The van der Waals surface area contributed by atoms with Crippen molar-refractivity contribution in [2.45, 2.75) is 13.5 Å². The first-order chi connectivity index (χ1) is 15.1. The summed E-state index contributed by atoms with van der Waals surface area (Å²) >= 11 is 2.25. The van der Waals surface area contributed by atoms with E-state index in [9.17, 15) is 4.79 Å². The second kappa shape index (κ2) is 9.78. The van der Waals surface area contributed by atoms with Crippen LogP contribution in [0.5, 0.6) is 0 Å². The van der Waals surface area contributed by atoms with Crippen LogP contribution in [0.4, 0.5) is 5.69 Å². The lowest BCUT2D eigenvalue weighted by Crippen LogP contribution is -2.25. The lowest BCUT2D eigenvalue weighted by Gasteiger charge is -2.06. The molecular formula is C25H23IN4O. The van der Waals surface area contributed by atoms with Crippen molar-refractivity contribution in [2.75, 3.05) is 11.9 Å². The van der Waals surface area contributed by atoms with Gasteiger partial charge in [0.1, 0.15) is 0 Å². The van der Waals surface area contributed by atoms with Gasteiger partial charge in [0.05, 0.1) is 12.8 Å². The number of amides is 1. The van der Waals surface area contributed by atoms with Crippen LogP contribution in [0.3, 0.4) is 0 Å². The van der Waals surface area contributed by atoms with Crippen molar-refractivity contribution in [3.05, 3.63) is 99.3 Å². The van der Waals surface area contributed by atoms with Gasteiger partial charge in [-0.3, -0.25) is 4.79 Å². The van der Waals surface area contributed by atoms with Crippen molar-refractivity contribution < 1.29 is 4.79 Å². The number of fused-ring (bicyclic) bond motifs is 1. The molecule has 0 atom stereocenters. The highest BCUT2D eigenvalue weighted by Crippen LogP contribution is 2.21. The minimum absolute atomic E-state index is 0.160. The Morgan fingerprint density at radius 1 is 1.03 bits per heavy atom. The molecule has 4 aromatic rings. The summed E-state index contributed by atoms with van der Waals surface area (Å²) in [4.78, 5) is 12.1. The Morgan fingerprint density at radius 2 is 1.77 bits per heavy atom. The summed E-state index contributed by atoms with van der Waals surface area (Å²) in [7, 11) is 0. The van der Waals surface area contributed by atoms with Crippen molar-refractivity contribution in [3.63, 3.8) is 0 Å². The molecule has 0 bridgehead atoms. The van der Waals surface area contributed by atoms with Gasteiger partial charge < -0.3 is 9.88 Å². The second-order valence-corrected chi connectivity index (χ2v) is 8.61. The highest BCUT2D eigenvalue weighted by Gasteiger charge is 2.07. The molecular weight excluding hydrogens is 499 g/mol. The predicted molar refractivity (Wildman–Crippen MR) is 136 cm³/mol. The number of benzene rings is 3. The van der Waals surface area contributed by atoms with Gasteiger partial charge in [0.2, 0.25) is 0 Å². The fourth-order valence-corrected chi connectivity index (χ4v) is 3.72. The zero-order valence-electron chi connectivity index (χ0n) is 17.2. The largest absolute Gasteiger partial charge is 0.376 e. The van der Waals surface area contributed by atoms with Crippen molar-refractivity contribution >= 4 is 51.3 Å². The van der Waals surface area contributed by atoms with Crippen LogP contribution in [0.15, 0.2) is 84.1 Å². The number of aromatic nitrogens is 1. The Balaban J connectivity index is 1.42. The Morgan fingerprint density at radius 3 is 2.55 bits per heavy atom. The Bertz CT molecular complexity index is 1210. The number of aryl methyl sites for hydroxylation is 1. The summed E-state index contributed by atoms with van der Waals surface area (Å²) in [6, 6.07) is 24.7. The van der Waals surface area contributed by atoms with Crippen molar-refractivity contribution in [3.8, 4) is 0 Å². The minimum atomic E-state index is -0.196. The first kappa shape index (κ1) is 21.1. The molecule has 0 fully saturated rings. The lowest BCUT2D eigenvalue weighted by atomic mass is 10.1. The van der Waals surface area contributed by atoms with E-state index in [4.69, 9.17) is 0 Å². The molecule has 31 heavy (non-hydrogen) atoms. The molecule has 1 amide bonds. The Hall–Kier alpha value is -3.13. The van der Waals surface area contributed by atoms with Gasteiger partial charge in [-0.25, -0.2) is 5.43 Å². The maximum Gasteiger partial charge on any atom is 0.259 e. The standard InChI is InChI=1S/C25H23IN4O/c1-18-6-8-19(9-7-18)16-30-17-20(23-4-2-3-5-24(23)30)14-28-29-25(31)15-27-22-12-10-21(26)11-13-22/h2-14,17,27H,15-16H2,1H3,(H,29,31)/b28-14-. The molecule has 5 nitrogen and oxygen atoms in total. The van der Waals surface area contributed by atoms with Crippen LogP contribution in [0, 0.1) is 10.5 Å². The first-order valence-corrected chi connectivity index (χ1v) is 11.1. The van der Waals surface area contributed by atoms with Gasteiger partial charge in [0.15, 0.2) is 0 Å². The van der Waals surface area contributed by atoms with E-state index in [0.717, 1.165) is 32.3 Å². The molecule has 0 saturated carbocycles. The van der Waals surface area contributed by atoms with Gasteiger partial charge >= 0.3 is 0 Å². The number of rotatable bonds is 7. The van der Waals surface area contributed by atoms with E-state index < -0.39 is 0 Å². The maximum atomic E-state index is 12.1. The average Bonchev–Trinajstić information content (AvgIpc) is 3.12. The van der Waals surface area contributed by atoms with Crippen LogP contribution in [0.25, 0.3) is 10.9 Å². The average molecular weight is 522 g/mol. The zero-order valence-corrected chi connectivity index (χ0v) is 19.3. The minimum Gasteiger partial charge on any atom is -0.376 e. The molecule has 0 unspecified atom stereocenters. The highest BCUT2D eigenvalue weighted by molar-refractivity contribution is 14.1. The summed E-state index contributed by atoms with van der Waals surface area (Å²) < 4.78 is 3.36. The van der Waals surface area contributed by atoms with Crippen molar-refractivity contribution in [1.29, 1.82) is 0 Å². The van der Waals surface area contributed by atoms with E-state index in [0.29, 0.717) is 0 Å². The third kappa shape index (κ3) is 5.52. The molecule has 0 aliphatic carbocycles. The van der Waals surface area contributed by atoms with Gasteiger partial charge in [-0.1, -0.05) is 48.0 Å². The lowest BCUT2D eigenvalue weighted by molar-refractivity contribution is -0.119. The summed E-state index contributed by atoms with van der Waals surface area (Å²) in [5.41, 5.74) is 8.09. The molecule has 2 N–H and O–H groups in total. The van der Waals surface area contributed by atoms with E-state index in [1.54, 1.807) is 6.21 Å². The summed E-state index contributed by atoms with van der Waals surface area (Å²) in [6.07, 6.45) is 3.78. The molecule has 0 saturated heterocycles. The second-order valence-electron chi connectivity index (χ2n) is 7.37. The number of nitrogens with one attached hydrogen (secondary N) is 2. The van der Waals surface area contributed by atoms with Crippen molar-refractivity contribution in [2.24, 2.45) is 5.10 Å². The van der Waals surface area contributed by atoms with E-state index in [-0.39, 0.29) is 12.5 Å². The van der Waals surface area contributed by atoms with Crippen LogP contribution in [0.1, 0.15) is 16.7 Å². The number of hydrogen-bond donors (Lipinski definition) is 2. The zero-order chi connectivity index (χ0) is 21.6. The number of hydrazone groups is 1. The van der Waals surface area contributed by atoms with Crippen LogP contribution < -0.4 is 10.7 Å². The third-order valence-corrected chi connectivity index (χ3v) is 5.70. The Kier molecular flexibility index (Phi) is 6.66. The summed E-state index contributed by atoms with van der Waals surface area (Å²) in [5, 5.41) is 8.36. The molecule has 3 aromatic carbocycles. The number of nitrogens with zero attached hydrogens (tertiary/aromatic N) is 2. The fourth-order valence-electron chi connectivity index (χ4n) is 3.36. The van der Waals surface area contributed by atoms with E-state index >= 15 is 0 Å². The van der Waals surface area contributed by atoms with E-state index in [2.05, 4.69) is 92.5 Å². The normalized spacial score (nSPS) is 11.2. The fraction of sp³-hybridized carbons (Fsp3) is 0.120. The third-order valence-electron chi connectivity index (χ3n) is 4.98. The molecule has 0 aliphatic rings. The highest BCUT2D eigenvalue weighted by atomic mass is 127. The van der Waals surface area contributed by atoms with Crippen LogP contribution in [-0.4, -0.2) is 23.2 Å². The Labute approximate surface area is 195 Å². The predicted octanol–water partition coefficient (Wildman–Crippen LogP) is 5.16. The number of halogens is 1. The van der Waals surface area contributed by atoms with E-state index in [1.165, 1.54) is 11.1 Å². The van der Waals surface area contributed by atoms with Crippen LogP contribution >= 0.6 is 22.6 Å². The van der Waals surface area contributed by atoms with Crippen LogP contribution in [0.2, 0.25) is 0 Å². The topological polar surface area (TPSA) is 58.4 Å². The molecule has 6 heteroatoms. The maximum absolute atomic E-state index is 12.1. The number of carbonyl (C=O) groups excluding carboxylic acids is 1. The van der Waals surface area contributed by atoms with Crippen LogP contribution in [-0.2, 0) is 11.3 Å². The number of hydrogen-bond acceptors (Lipinski definition) is 3. The van der Waals surface area contributed by atoms with Gasteiger partial charge in [0, 0.05) is 38.5 Å². The quantitative estimate of drug-likeness (QED) is 0.200. The number of para-hydroxylation sites is 1. The van der Waals surface area contributed by atoms with Gasteiger partial charge in [-0.2, -0.15) is 5.10 Å². The molecule has 1 aromatic heterocycles. The molecule has 0 aliphatic heterocycles. The SMILES string of the molecule is Cc1ccc(Cn2cc(/C=N\NC(=O)CNc3ccc(I)cc3)c3ccccc32)cc1. The monoisotopic (exact) mass is 522 g/mol. The molecule has 0 spiro atoms. The van der Waals surface area contributed by atoms with Gasteiger partial charge in [-0.15, -0.1) is 0 Å². The first-order valence-electron chi connectivity index (χ1n) is 10.0. The van der Waals surface area contributed by atoms with Gasteiger partial charge in [-0.05, 0) is 65.4 Å². The molecule has 156 valence electrons. The van der Waals surface area contributed by atoms with Crippen molar-refractivity contribution in [1.82, 2.24) is 9.99 Å². The molecule has 4 rings (SSSR count).